The molecule has 2 heterocycles. The van der Waals surface area contributed by atoms with Crippen LogP contribution >= 0.6 is 11.8 Å². The second-order valence-electron chi connectivity index (χ2n) is 7.12. The molecule has 0 unspecified atom stereocenters. The maximum absolute atomic E-state index is 13.7. The van der Waals surface area contributed by atoms with Crippen LogP contribution in [0.5, 0.6) is 0 Å². The third kappa shape index (κ3) is 4.46. The minimum atomic E-state index is -4.78. The van der Waals surface area contributed by atoms with E-state index in [2.05, 4.69) is 4.99 Å². The monoisotopic (exact) mass is 420 g/mol. The fourth-order valence-corrected chi connectivity index (χ4v) is 4.23. The number of aryl methyl sites for hydroxylation is 1. The summed E-state index contributed by atoms with van der Waals surface area (Å²) in [7, 11) is 3.46. The number of benzene rings is 1. The molecule has 0 amide bonds. The average Bonchev–Trinajstić information content (AvgIpc) is 3.04. The number of aliphatic hydroxyl groups is 2. The van der Waals surface area contributed by atoms with Crippen LogP contribution in [0.25, 0.3) is 0 Å². The molecule has 6 atom stereocenters. The van der Waals surface area contributed by atoms with Crippen LogP contribution in [0.3, 0.4) is 0 Å². The lowest BCUT2D eigenvalue weighted by atomic mass is 9.94. The van der Waals surface area contributed by atoms with E-state index in [-0.39, 0.29) is 6.61 Å². The van der Waals surface area contributed by atoms with Gasteiger partial charge < -0.3 is 24.6 Å². The van der Waals surface area contributed by atoms with Crippen molar-refractivity contribution in [2.75, 3.05) is 14.1 Å². The lowest BCUT2D eigenvalue weighted by Gasteiger charge is -2.41. The molecule has 2 N–H and O–H groups in total. The van der Waals surface area contributed by atoms with E-state index in [0.717, 1.165) is 17.3 Å². The number of aliphatic hydroxyl groups excluding tert-OH is 2. The maximum Gasteiger partial charge on any atom is 0.417 e. The molecule has 6 nitrogen and oxygen atoms in total. The lowest BCUT2D eigenvalue weighted by molar-refractivity contribution is -0.286. The summed E-state index contributed by atoms with van der Waals surface area (Å²) in [6.45, 7) is 1.57. The number of fused-ring (bicyclic) bond motifs is 1. The maximum atomic E-state index is 13.7. The molecule has 2 aliphatic heterocycles. The Bertz CT molecular complexity index is 714. The second kappa shape index (κ2) is 8.19. The highest BCUT2D eigenvalue weighted by Crippen LogP contribution is 2.41. The quantitative estimate of drug-likeness (QED) is 0.776. The number of rotatable bonds is 4. The average molecular weight is 420 g/mol. The van der Waals surface area contributed by atoms with Gasteiger partial charge in [0.2, 0.25) is 0 Å². The van der Waals surface area contributed by atoms with Gasteiger partial charge in [0.05, 0.1) is 6.61 Å². The molecule has 0 saturated carbocycles. The van der Waals surface area contributed by atoms with Gasteiger partial charge in [-0.2, -0.15) is 13.2 Å². The van der Waals surface area contributed by atoms with Crippen LogP contribution in [0, 0.1) is 6.92 Å². The Morgan fingerprint density at radius 3 is 2.43 bits per heavy atom. The molecule has 1 fully saturated rings. The third-order valence-electron chi connectivity index (χ3n) is 4.64. The molecule has 2 aliphatic rings. The van der Waals surface area contributed by atoms with Crippen molar-refractivity contribution in [3.63, 3.8) is 0 Å². The van der Waals surface area contributed by atoms with E-state index in [1.807, 2.05) is 6.92 Å². The summed E-state index contributed by atoms with van der Waals surface area (Å²) in [6, 6.07) is 6.07. The number of amidine groups is 1. The minimum absolute atomic E-state index is 0.298. The van der Waals surface area contributed by atoms with Crippen LogP contribution in [0.1, 0.15) is 11.1 Å². The molecule has 0 aromatic heterocycles. The highest BCUT2D eigenvalue weighted by molar-refractivity contribution is 8.14. The Labute approximate surface area is 165 Å². The van der Waals surface area contributed by atoms with E-state index in [1.54, 1.807) is 43.3 Å². The van der Waals surface area contributed by atoms with Crippen molar-refractivity contribution < 1.29 is 32.9 Å². The standard InChI is InChI=1S/C18H23F3N2O4S/c1-9-4-6-10(7-5-9)8-26-15(18(19,20)21)14-13(25)12(24)11-16(27-14)28-17(22-11)23(2)3/h4-7,11-16,24-25H,8H2,1-3H3/t11-,12-,13+,14+,15-,16-/m1/s1. The molecule has 1 aromatic carbocycles. The largest absolute Gasteiger partial charge is 0.417 e. The molecule has 0 bridgehead atoms. The van der Waals surface area contributed by atoms with Crippen molar-refractivity contribution in [1.29, 1.82) is 0 Å². The molecule has 28 heavy (non-hydrogen) atoms. The molecule has 1 saturated heterocycles. The van der Waals surface area contributed by atoms with Crippen LogP contribution < -0.4 is 0 Å². The lowest BCUT2D eigenvalue weighted by Crippen LogP contribution is -2.61. The van der Waals surface area contributed by atoms with Crippen LogP contribution in [0.15, 0.2) is 29.3 Å². The van der Waals surface area contributed by atoms with E-state index < -0.39 is 42.1 Å². The summed E-state index contributed by atoms with van der Waals surface area (Å²) in [5.41, 5.74) is 0.719. The van der Waals surface area contributed by atoms with Crippen LogP contribution in [0.2, 0.25) is 0 Å². The van der Waals surface area contributed by atoms with Crippen molar-refractivity contribution in [3.05, 3.63) is 35.4 Å². The fraction of sp³-hybridized carbons (Fsp3) is 0.611. The first kappa shape index (κ1) is 21.4. The molecule has 10 heteroatoms. The van der Waals surface area contributed by atoms with Gasteiger partial charge in [-0.15, -0.1) is 0 Å². The smallest absolute Gasteiger partial charge is 0.388 e. The Kier molecular flexibility index (Phi) is 6.26. The Morgan fingerprint density at radius 1 is 1.21 bits per heavy atom. The molecular formula is C18H23F3N2O4S. The summed E-state index contributed by atoms with van der Waals surface area (Å²) in [5.74, 6) is 0. The first-order valence-electron chi connectivity index (χ1n) is 8.75. The molecule has 156 valence electrons. The summed E-state index contributed by atoms with van der Waals surface area (Å²) < 4.78 is 51.7. The van der Waals surface area contributed by atoms with Gasteiger partial charge in [0.15, 0.2) is 11.3 Å². The molecular weight excluding hydrogens is 397 g/mol. The van der Waals surface area contributed by atoms with E-state index in [9.17, 15) is 23.4 Å². The highest BCUT2D eigenvalue weighted by atomic mass is 32.2. The topological polar surface area (TPSA) is 74.5 Å². The number of nitrogens with zero attached hydrogens (tertiary/aromatic N) is 2. The minimum Gasteiger partial charge on any atom is -0.388 e. The van der Waals surface area contributed by atoms with Gasteiger partial charge in [0, 0.05) is 14.1 Å². The molecule has 0 spiro atoms. The van der Waals surface area contributed by atoms with Crippen molar-refractivity contribution in [2.45, 2.75) is 55.6 Å². The Hall–Kier alpha value is -1.33. The van der Waals surface area contributed by atoms with Gasteiger partial charge >= 0.3 is 6.18 Å². The predicted octanol–water partition coefficient (Wildman–Crippen LogP) is 1.92. The van der Waals surface area contributed by atoms with E-state index in [4.69, 9.17) is 9.47 Å². The molecule has 0 aliphatic carbocycles. The van der Waals surface area contributed by atoms with Crippen molar-refractivity contribution in [2.24, 2.45) is 4.99 Å². The number of ether oxygens (including phenoxy) is 2. The molecule has 1 aromatic rings. The molecule has 0 radical (unpaired) electrons. The number of alkyl halides is 3. The number of thioether (sulfide) groups is 1. The predicted molar refractivity (Wildman–Crippen MR) is 99.0 cm³/mol. The van der Waals surface area contributed by atoms with Gasteiger partial charge in [-0.1, -0.05) is 41.6 Å². The summed E-state index contributed by atoms with van der Waals surface area (Å²) >= 11 is 1.12. The zero-order valence-corrected chi connectivity index (χ0v) is 16.4. The van der Waals surface area contributed by atoms with E-state index >= 15 is 0 Å². The van der Waals surface area contributed by atoms with Gasteiger partial charge in [-0.3, -0.25) is 4.99 Å². The van der Waals surface area contributed by atoms with Gasteiger partial charge in [-0.05, 0) is 12.5 Å². The number of halogens is 3. The second-order valence-corrected chi connectivity index (χ2v) is 8.19. The van der Waals surface area contributed by atoms with Gasteiger partial charge in [-0.25, -0.2) is 0 Å². The number of hydrogen-bond donors (Lipinski definition) is 2. The highest BCUT2D eigenvalue weighted by Gasteiger charge is 2.57. The van der Waals surface area contributed by atoms with Crippen LogP contribution in [-0.2, 0) is 16.1 Å². The van der Waals surface area contributed by atoms with Gasteiger partial charge in [0.1, 0.15) is 29.8 Å². The number of hydrogen-bond acceptors (Lipinski definition) is 7. The van der Waals surface area contributed by atoms with Crippen LogP contribution in [0.4, 0.5) is 13.2 Å². The van der Waals surface area contributed by atoms with Crippen molar-refractivity contribution in [1.82, 2.24) is 4.90 Å². The van der Waals surface area contributed by atoms with Crippen molar-refractivity contribution >= 4 is 16.9 Å². The zero-order valence-electron chi connectivity index (χ0n) is 15.6. The molecule has 3 rings (SSSR count). The summed E-state index contributed by atoms with van der Waals surface area (Å²) in [5, 5.41) is 21.2. The number of aliphatic imine (C=N–C) groups is 1. The summed E-state index contributed by atoms with van der Waals surface area (Å²) in [6.07, 6.45) is -12.2. The normalized spacial score (nSPS) is 31.3. The first-order valence-corrected chi connectivity index (χ1v) is 9.63. The van der Waals surface area contributed by atoms with E-state index in [0.29, 0.717) is 10.7 Å². The Morgan fingerprint density at radius 2 is 1.86 bits per heavy atom. The zero-order chi connectivity index (χ0) is 20.6. The first-order chi connectivity index (χ1) is 13.1. The fourth-order valence-electron chi connectivity index (χ4n) is 3.09. The van der Waals surface area contributed by atoms with E-state index in [1.165, 1.54) is 0 Å². The van der Waals surface area contributed by atoms with Gasteiger partial charge in [0.25, 0.3) is 0 Å². The van der Waals surface area contributed by atoms with Crippen molar-refractivity contribution in [3.8, 4) is 0 Å². The third-order valence-corrected chi connectivity index (χ3v) is 5.94. The van der Waals surface area contributed by atoms with Crippen LogP contribution in [-0.4, -0.2) is 76.4 Å². The summed E-state index contributed by atoms with van der Waals surface area (Å²) in [4.78, 5) is 5.92. The Balaban J connectivity index is 1.76. The SMILES string of the molecule is Cc1ccc(CO[C@H]([C@H]2O[C@@H]3SC(N(C)C)=N[C@@H]3[C@@H](O)[C@@H]2O)C(F)(F)F)cc1.